The predicted octanol–water partition coefficient (Wildman–Crippen LogP) is 0.631. The highest BCUT2D eigenvalue weighted by Crippen LogP contribution is 2.19. The van der Waals surface area contributed by atoms with Crippen molar-refractivity contribution >= 4 is 6.03 Å². The van der Waals surface area contributed by atoms with Gasteiger partial charge in [-0.25, -0.2) is 4.79 Å². The summed E-state index contributed by atoms with van der Waals surface area (Å²) in [5.74, 6) is 0.780. The van der Waals surface area contributed by atoms with Crippen LogP contribution in [0.4, 0.5) is 4.79 Å². The van der Waals surface area contributed by atoms with Crippen LogP contribution >= 0.6 is 0 Å². The molecule has 4 heteroatoms. The van der Waals surface area contributed by atoms with E-state index in [-0.39, 0.29) is 12.1 Å². The van der Waals surface area contributed by atoms with Crippen LogP contribution in [0.1, 0.15) is 20.8 Å². The number of rotatable bonds is 1. The van der Waals surface area contributed by atoms with Crippen molar-refractivity contribution in [3.8, 4) is 0 Å². The lowest BCUT2D eigenvalue weighted by Gasteiger charge is -2.39. The first-order valence-electron chi connectivity index (χ1n) is 5.34. The molecule has 1 heterocycles. The Morgan fingerprint density at radius 2 is 1.93 bits per heavy atom. The van der Waals surface area contributed by atoms with E-state index in [4.69, 9.17) is 5.73 Å². The van der Waals surface area contributed by atoms with E-state index in [1.54, 1.807) is 0 Å². The van der Waals surface area contributed by atoms with Crippen molar-refractivity contribution in [2.24, 2.45) is 17.6 Å². The summed E-state index contributed by atoms with van der Waals surface area (Å²) < 4.78 is 0. The minimum atomic E-state index is 0.0399. The van der Waals surface area contributed by atoms with E-state index in [2.05, 4.69) is 19.2 Å². The van der Waals surface area contributed by atoms with Crippen molar-refractivity contribution in [3.05, 3.63) is 0 Å². The normalized spacial score (nSPS) is 32.9. The second-order valence-corrected chi connectivity index (χ2v) is 4.27. The summed E-state index contributed by atoms with van der Waals surface area (Å²) in [6.45, 7) is 8.37. The summed E-state index contributed by atoms with van der Waals surface area (Å²) in [5.41, 5.74) is 6.00. The van der Waals surface area contributed by atoms with Gasteiger partial charge in [0.2, 0.25) is 0 Å². The van der Waals surface area contributed by atoms with Gasteiger partial charge in [-0.15, -0.1) is 0 Å². The Hall–Kier alpha value is -0.770. The summed E-state index contributed by atoms with van der Waals surface area (Å²) in [7, 11) is 0. The average Bonchev–Trinajstić information content (AvgIpc) is 2.13. The van der Waals surface area contributed by atoms with E-state index in [0.717, 1.165) is 13.1 Å². The fraction of sp³-hybridized carbons (Fsp3) is 0.900. The number of hydrogen-bond donors (Lipinski definition) is 2. The molecule has 2 amide bonds. The molecule has 0 saturated carbocycles. The summed E-state index contributed by atoms with van der Waals surface area (Å²) in [6.07, 6.45) is 0. The molecule has 14 heavy (non-hydrogen) atoms. The third kappa shape index (κ3) is 2.38. The molecule has 0 radical (unpaired) electrons. The number of urea groups is 1. The van der Waals surface area contributed by atoms with Crippen LogP contribution in [0.3, 0.4) is 0 Å². The molecule has 2 atom stereocenters. The average molecular weight is 199 g/mol. The van der Waals surface area contributed by atoms with Crippen molar-refractivity contribution < 1.29 is 4.79 Å². The molecule has 4 nitrogen and oxygen atoms in total. The highest BCUT2D eigenvalue weighted by atomic mass is 16.2. The Morgan fingerprint density at radius 3 is 2.36 bits per heavy atom. The van der Waals surface area contributed by atoms with Gasteiger partial charge in [0.15, 0.2) is 0 Å². The lowest BCUT2D eigenvalue weighted by molar-refractivity contribution is 0.131. The van der Waals surface area contributed by atoms with Crippen LogP contribution < -0.4 is 11.1 Å². The van der Waals surface area contributed by atoms with Crippen LogP contribution in [0.15, 0.2) is 0 Å². The number of amides is 2. The zero-order chi connectivity index (χ0) is 10.7. The molecule has 0 spiro atoms. The molecule has 0 aromatic heterocycles. The summed E-state index contributed by atoms with van der Waals surface area (Å²) in [6, 6.07) is 0.263. The number of likely N-dealkylation sites (tertiary alicyclic amines) is 1. The number of hydrogen-bond acceptors (Lipinski definition) is 2. The Balaban J connectivity index is 2.53. The van der Waals surface area contributed by atoms with E-state index in [1.165, 1.54) is 0 Å². The zero-order valence-corrected chi connectivity index (χ0v) is 9.29. The van der Waals surface area contributed by atoms with Crippen molar-refractivity contribution in [1.29, 1.82) is 0 Å². The second-order valence-electron chi connectivity index (χ2n) is 4.27. The van der Waals surface area contributed by atoms with Crippen molar-refractivity contribution in [1.82, 2.24) is 10.2 Å². The molecule has 0 aromatic rings. The summed E-state index contributed by atoms with van der Waals surface area (Å²) in [4.78, 5) is 13.4. The maximum absolute atomic E-state index is 11.6. The van der Waals surface area contributed by atoms with Gasteiger partial charge < -0.3 is 16.0 Å². The van der Waals surface area contributed by atoms with Crippen molar-refractivity contribution in [2.75, 3.05) is 19.6 Å². The van der Waals surface area contributed by atoms with Gasteiger partial charge in [-0.2, -0.15) is 0 Å². The molecule has 0 aromatic carbocycles. The van der Waals surface area contributed by atoms with Gasteiger partial charge in [-0.3, -0.25) is 0 Å². The SMILES string of the molecule is CCNC(=O)N1CC(C)C(N)C(C)C1. The van der Waals surface area contributed by atoms with Gasteiger partial charge >= 0.3 is 6.03 Å². The van der Waals surface area contributed by atoms with Crippen LogP contribution in [0.2, 0.25) is 0 Å². The van der Waals surface area contributed by atoms with Gasteiger partial charge in [0.05, 0.1) is 0 Å². The molecule has 1 aliphatic rings. The first-order chi connectivity index (χ1) is 6.56. The second kappa shape index (κ2) is 4.64. The van der Waals surface area contributed by atoms with Crippen LogP contribution in [0, 0.1) is 11.8 Å². The number of nitrogens with two attached hydrogens (primary N) is 1. The van der Waals surface area contributed by atoms with Crippen molar-refractivity contribution in [2.45, 2.75) is 26.8 Å². The molecule has 1 aliphatic heterocycles. The van der Waals surface area contributed by atoms with Crippen molar-refractivity contribution in [3.63, 3.8) is 0 Å². The van der Waals surface area contributed by atoms with E-state index in [9.17, 15) is 4.79 Å². The first-order valence-corrected chi connectivity index (χ1v) is 5.34. The topological polar surface area (TPSA) is 58.4 Å². The Labute approximate surface area is 85.8 Å². The Bertz CT molecular complexity index is 196. The zero-order valence-electron chi connectivity index (χ0n) is 9.29. The van der Waals surface area contributed by atoms with Gasteiger partial charge in [0.25, 0.3) is 0 Å². The van der Waals surface area contributed by atoms with Crippen LogP contribution in [0.5, 0.6) is 0 Å². The number of piperidine rings is 1. The highest BCUT2D eigenvalue weighted by molar-refractivity contribution is 5.74. The molecule has 2 unspecified atom stereocenters. The number of carbonyl (C=O) groups is 1. The lowest BCUT2D eigenvalue weighted by Crippen LogP contribution is -2.55. The molecule has 0 bridgehead atoms. The highest BCUT2D eigenvalue weighted by Gasteiger charge is 2.31. The smallest absolute Gasteiger partial charge is 0.317 e. The Morgan fingerprint density at radius 1 is 1.43 bits per heavy atom. The van der Waals surface area contributed by atoms with E-state index in [0.29, 0.717) is 18.4 Å². The largest absolute Gasteiger partial charge is 0.338 e. The minimum absolute atomic E-state index is 0.0399. The van der Waals surface area contributed by atoms with E-state index >= 15 is 0 Å². The molecule has 82 valence electrons. The minimum Gasteiger partial charge on any atom is -0.338 e. The van der Waals surface area contributed by atoms with Gasteiger partial charge in [-0.05, 0) is 18.8 Å². The molecule has 1 rings (SSSR count). The maximum Gasteiger partial charge on any atom is 0.317 e. The lowest BCUT2D eigenvalue weighted by atomic mass is 9.87. The van der Waals surface area contributed by atoms with E-state index < -0.39 is 0 Å². The van der Waals surface area contributed by atoms with Gasteiger partial charge in [0, 0.05) is 25.7 Å². The first kappa shape index (κ1) is 11.3. The third-order valence-electron chi connectivity index (χ3n) is 2.95. The van der Waals surface area contributed by atoms with Gasteiger partial charge in [-0.1, -0.05) is 13.8 Å². The molecule has 1 saturated heterocycles. The monoisotopic (exact) mass is 199 g/mol. The summed E-state index contributed by atoms with van der Waals surface area (Å²) in [5, 5.41) is 2.82. The quantitative estimate of drug-likeness (QED) is 0.651. The summed E-state index contributed by atoms with van der Waals surface area (Å²) >= 11 is 0. The number of nitrogens with one attached hydrogen (secondary N) is 1. The number of nitrogens with zero attached hydrogens (tertiary/aromatic N) is 1. The van der Waals surface area contributed by atoms with Crippen LogP contribution in [-0.4, -0.2) is 36.6 Å². The third-order valence-corrected chi connectivity index (χ3v) is 2.95. The molecular formula is C10H21N3O. The maximum atomic E-state index is 11.6. The predicted molar refractivity (Wildman–Crippen MR) is 56.9 cm³/mol. The standard InChI is InChI=1S/C10H21N3O/c1-4-12-10(14)13-5-7(2)9(11)8(3)6-13/h7-9H,4-6,11H2,1-3H3,(H,12,14). The molecule has 1 fully saturated rings. The molecular weight excluding hydrogens is 178 g/mol. The van der Waals surface area contributed by atoms with Crippen LogP contribution in [-0.2, 0) is 0 Å². The molecule has 3 N–H and O–H groups in total. The number of carbonyl (C=O) groups excluding carboxylic acids is 1. The molecule has 0 aliphatic carbocycles. The fourth-order valence-corrected chi connectivity index (χ4v) is 2.00. The Kier molecular flexibility index (Phi) is 3.75. The van der Waals surface area contributed by atoms with E-state index in [1.807, 2.05) is 11.8 Å². The van der Waals surface area contributed by atoms with Gasteiger partial charge in [0.1, 0.15) is 0 Å². The van der Waals surface area contributed by atoms with Crippen LogP contribution in [0.25, 0.3) is 0 Å². The fourth-order valence-electron chi connectivity index (χ4n) is 2.00.